The number of benzene rings is 1. The van der Waals surface area contributed by atoms with Gasteiger partial charge in [-0.25, -0.2) is 4.98 Å². The number of nitrogens with one attached hydrogen (secondary N) is 1. The van der Waals surface area contributed by atoms with Gasteiger partial charge in [0.05, 0.1) is 15.1 Å². The fourth-order valence-electron chi connectivity index (χ4n) is 1.27. The molecule has 1 aromatic carbocycles. The number of carbonyl (C=O) groups excluding carboxylic acids is 1. The molecule has 0 spiro atoms. The van der Waals surface area contributed by atoms with Crippen molar-refractivity contribution in [1.82, 2.24) is 4.98 Å². The minimum absolute atomic E-state index is 0.192. The van der Waals surface area contributed by atoms with Gasteiger partial charge < -0.3 is 5.32 Å². The molecule has 0 aliphatic rings. The zero-order valence-corrected chi connectivity index (χ0v) is 10.3. The summed E-state index contributed by atoms with van der Waals surface area (Å²) in [5.41, 5.74) is 0.561. The lowest BCUT2D eigenvalue weighted by Crippen LogP contribution is -2.04. The summed E-state index contributed by atoms with van der Waals surface area (Å²) in [6.45, 7) is 1.36. The van der Waals surface area contributed by atoms with Gasteiger partial charge in [-0.05, 0) is 18.2 Å². The fraction of sp³-hybridized carbons (Fsp3) is 0.111. The number of carbonyl (C=O) groups is 1. The first-order valence-electron chi connectivity index (χ1n) is 4.52. The van der Waals surface area contributed by atoms with Crippen molar-refractivity contribution >= 4 is 42.7 Å². The van der Waals surface area contributed by atoms with Crippen molar-refractivity contribution in [3.05, 3.63) is 18.2 Å². The molecule has 0 aliphatic carbocycles. The van der Waals surface area contributed by atoms with E-state index in [4.69, 9.17) is 4.55 Å². The number of hydrogen-bond acceptors (Lipinski definition) is 5. The lowest BCUT2D eigenvalue weighted by molar-refractivity contribution is -0.114. The molecule has 90 valence electrons. The molecule has 0 saturated heterocycles. The van der Waals surface area contributed by atoms with Crippen molar-refractivity contribution < 1.29 is 17.8 Å². The quantitative estimate of drug-likeness (QED) is 0.807. The Morgan fingerprint density at radius 3 is 2.76 bits per heavy atom. The number of rotatable bonds is 2. The lowest BCUT2D eigenvalue weighted by atomic mass is 10.3. The Balaban J connectivity index is 2.52. The molecular weight excluding hydrogens is 264 g/mol. The van der Waals surface area contributed by atoms with Crippen molar-refractivity contribution in [3.8, 4) is 0 Å². The molecule has 0 atom stereocenters. The molecule has 1 aromatic heterocycles. The first-order chi connectivity index (χ1) is 7.86. The third kappa shape index (κ3) is 2.60. The van der Waals surface area contributed by atoms with Crippen LogP contribution >= 0.6 is 11.3 Å². The second kappa shape index (κ2) is 4.06. The highest BCUT2D eigenvalue weighted by Crippen LogP contribution is 2.27. The van der Waals surface area contributed by atoms with Crippen LogP contribution in [0.3, 0.4) is 0 Å². The predicted molar refractivity (Wildman–Crippen MR) is 63.7 cm³/mol. The average molecular weight is 272 g/mol. The van der Waals surface area contributed by atoms with Crippen LogP contribution in [0.15, 0.2) is 23.1 Å². The average Bonchev–Trinajstić information content (AvgIpc) is 2.55. The first kappa shape index (κ1) is 12.0. The fourth-order valence-corrected chi connectivity index (χ4v) is 2.80. The summed E-state index contributed by atoms with van der Waals surface area (Å²) in [5.74, 6) is -0.251. The topological polar surface area (TPSA) is 96.4 Å². The molecule has 1 amide bonds. The van der Waals surface area contributed by atoms with Crippen LogP contribution in [-0.2, 0) is 14.9 Å². The summed E-state index contributed by atoms with van der Waals surface area (Å²) in [4.78, 5) is 14.7. The largest absolute Gasteiger partial charge is 0.302 e. The Labute approximate surface area is 101 Å². The Kier molecular flexibility index (Phi) is 2.86. The monoisotopic (exact) mass is 272 g/mol. The van der Waals surface area contributed by atoms with Crippen molar-refractivity contribution in [2.75, 3.05) is 5.32 Å². The van der Waals surface area contributed by atoms with Gasteiger partial charge in [-0.3, -0.25) is 9.35 Å². The van der Waals surface area contributed by atoms with Crippen LogP contribution in [0.5, 0.6) is 0 Å². The summed E-state index contributed by atoms with van der Waals surface area (Å²) in [6.07, 6.45) is 0. The van der Waals surface area contributed by atoms with Gasteiger partial charge in [-0.2, -0.15) is 8.42 Å². The summed E-state index contributed by atoms with van der Waals surface area (Å²) in [7, 11) is -4.22. The van der Waals surface area contributed by atoms with E-state index in [1.807, 2.05) is 0 Å². The second-order valence-corrected chi connectivity index (χ2v) is 5.76. The molecule has 2 rings (SSSR count). The third-order valence-corrected chi connectivity index (χ3v) is 3.72. The molecule has 6 nitrogen and oxygen atoms in total. The smallest absolute Gasteiger partial charge is 0.294 e. The third-order valence-electron chi connectivity index (χ3n) is 1.94. The highest BCUT2D eigenvalue weighted by Gasteiger charge is 2.12. The molecule has 0 unspecified atom stereocenters. The van der Waals surface area contributed by atoms with Gasteiger partial charge in [-0.15, -0.1) is 0 Å². The van der Waals surface area contributed by atoms with E-state index >= 15 is 0 Å². The maximum Gasteiger partial charge on any atom is 0.294 e. The molecule has 1 heterocycles. The van der Waals surface area contributed by atoms with Crippen molar-refractivity contribution in [1.29, 1.82) is 0 Å². The second-order valence-electron chi connectivity index (χ2n) is 3.30. The van der Waals surface area contributed by atoms with Gasteiger partial charge in [0.15, 0.2) is 5.13 Å². The van der Waals surface area contributed by atoms with E-state index in [0.717, 1.165) is 11.3 Å². The van der Waals surface area contributed by atoms with Gasteiger partial charge in [0.2, 0.25) is 5.91 Å². The van der Waals surface area contributed by atoms with E-state index in [-0.39, 0.29) is 10.8 Å². The van der Waals surface area contributed by atoms with Gasteiger partial charge in [-0.1, -0.05) is 11.3 Å². The zero-order chi connectivity index (χ0) is 12.6. The summed E-state index contributed by atoms with van der Waals surface area (Å²) >= 11 is 1.14. The molecular formula is C9H8N2O4S2. The Morgan fingerprint density at radius 2 is 2.18 bits per heavy atom. The predicted octanol–water partition coefficient (Wildman–Crippen LogP) is 1.50. The van der Waals surface area contributed by atoms with Gasteiger partial charge in [0, 0.05) is 6.92 Å². The normalized spacial score (nSPS) is 11.6. The van der Waals surface area contributed by atoms with Crippen LogP contribution in [-0.4, -0.2) is 23.9 Å². The van der Waals surface area contributed by atoms with Gasteiger partial charge >= 0.3 is 0 Å². The number of hydrogen-bond donors (Lipinski definition) is 2. The molecule has 0 radical (unpaired) electrons. The van der Waals surface area contributed by atoms with E-state index in [9.17, 15) is 13.2 Å². The minimum atomic E-state index is -4.22. The summed E-state index contributed by atoms with van der Waals surface area (Å²) in [5, 5.41) is 2.90. The highest BCUT2D eigenvalue weighted by molar-refractivity contribution is 7.85. The van der Waals surface area contributed by atoms with Crippen LogP contribution in [0, 0.1) is 0 Å². The molecule has 17 heavy (non-hydrogen) atoms. The van der Waals surface area contributed by atoms with E-state index in [1.54, 1.807) is 0 Å². The van der Waals surface area contributed by atoms with Crippen LogP contribution in [0.4, 0.5) is 5.13 Å². The Morgan fingerprint density at radius 1 is 1.47 bits per heavy atom. The maximum atomic E-state index is 10.9. The van der Waals surface area contributed by atoms with Crippen LogP contribution in [0.1, 0.15) is 6.92 Å². The molecule has 0 saturated carbocycles. The van der Waals surface area contributed by atoms with Crippen molar-refractivity contribution in [2.24, 2.45) is 0 Å². The molecule has 8 heteroatoms. The van der Waals surface area contributed by atoms with Gasteiger partial charge in [0.1, 0.15) is 0 Å². The zero-order valence-electron chi connectivity index (χ0n) is 8.67. The molecule has 2 N–H and O–H groups in total. The molecule has 0 bridgehead atoms. The van der Waals surface area contributed by atoms with Crippen molar-refractivity contribution in [2.45, 2.75) is 11.8 Å². The first-order valence-corrected chi connectivity index (χ1v) is 6.77. The standard InChI is InChI=1S/C9H8N2O4S2/c1-5(12)10-9-11-7-3-2-6(17(13,14)15)4-8(7)16-9/h2-4H,1H3,(H,10,11,12)(H,13,14,15). The van der Waals surface area contributed by atoms with E-state index < -0.39 is 10.1 Å². The van der Waals surface area contributed by atoms with Gasteiger partial charge in [0.25, 0.3) is 10.1 Å². The van der Waals surface area contributed by atoms with E-state index in [1.165, 1.54) is 25.1 Å². The van der Waals surface area contributed by atoms with E-state index in [2.05, 4.69) is 10.3 Å². The number of anilines is 1. The van der Waals surface area contributed by atoms with Crippen LogP contribution in [0.25, 0.3) is 10.2 Å². The highest BCUT2D eigenvalue weighted by atomic mass is 32.2. The van der Waals surface area contributed by atoms with Crippen LogP contribution in [0.2, 0.25) is 0 Å². The molecule has 0 aliphatic heterocycles. The number of nitrogens with zero attached hydrogens (tertiary/aromatic N) is 1. The SMILES string of the molecule is CC(=O)Nc1nc2ccc(S(=O)(=O)O)cc2s1. The van der Waals surface area contributed by atoms with E-state index in [0.29, 0.717) is 15.3 Å². The molecule has 2 aromatic rings. The summed E-state index contributed by atoms with van der Waals surface area (Å²) < 4.78 is 31.3. The lowest BCUT2D eigenvalue weighted by Gasteiger charge is -1.94. The summed E-state index contributed by atoms with van der Waals surface area (Å²) in [6, 6.07) is 4.04. The Bertz CT molecular complexity index is 690. The maximum absolute atomic E-state index is 10.9. The Hall–Kier alpha value is -1.51. The number of amides is 1. The number of aromatic nitrogens is 1. The molecule has 0 fully saturated rings. The van der Waals surface area contributed by atoms with Crippen LogP contribution < -0.4 is 5.32 Å². The number of thiazole rings is 1. The van der Waals surface area contributed by atoms with Crippen molar-refractivity contribution in [3.63, 3.8) is 0 Å². The number of fused-ring (bicyclic) bond motifs is 1. The minimum Gasteiger partial charge on any atom is -0.302 e.